The Morgan fingerprint density at radius 3 is 2.50 bits per heavy atom. The van der Waals surface area contributed by atoms with Crippen LogP contribution in [0.3, 0.4) is 0 Å². The van der Waals surface area contributed by atoms with Crippen molar-refractivity contribution < 1.29 is 22.7 Å². The maximum absolute atomic E-state index is 12.7. The van der Waals surface area contributed by atoms with Gasteiger partial charge in [-0.3, -0.25) is 0 Å². The number of urea groups is 1. The van der Waals surface area contributed by atoms with E-state index in [9.17, 15) is 18.0 Å². The number of amides is 2. The number of nitrogens with one attached hydrogen (secondary N) is 2. The molecule has 2 aromatic heterocycles. The maximum atomic E-state index is 12.7. The molecule has 0 saturated carbocycles. The molecule has 2 N–H and O–H groups in total. The fraction of sp³-hybridized carbons (Fsp3) is 0.333. The number of hydrogen-bond donors (Lipinski definition) is 2. The molecular weight excluding hydrogens is 505 g/mol. The van der Waals surface area contributed by atoms with Gasteiger partial charge >= 0.3 is 12.2 Å². The van der Waals surface area contributed by atoms with Crippen molar-refractivity contribution in [3.05, 3.63) is 52.8 Å². The molecule has 0 aliphatic heterocycles. The van der Waals surface area contributed by atoms with Gasteiger partial charge in [-0.05, 0) is 52.3 Å². The van der Waals surface area contributed by atoms with Crippen LogP contribution in [0.2, 0.25) is 25.7 Å². The number of rotatable bonds is 7. The Balaban J connectivity index is 1.72. The van der Waals surface area contributed by atoms with Crippen LogP contribution >= 0.6 is 15.9 Å². The largest absolute Gasteiger partial charge is 0.416 e. The number of hydrogen-bond acceptors (Lipinski definition) is 3. The molecule has 0 aliphatic carbocycles. The number of ether oxygens (including phenoxy) is 1. The lowest BCUT2D eigenvalue weighted by atomic mass is 10.2. The Morgan fingerprint density at radius 2 is 1.88 bits per heavy atom. The summed E-state index contributed by atoms with van der Waals surface area (Å²) >= 11 is 3.39. The number of fused-ring (bicyclic) bond motifs is 1. The second-order valence-corrected chi connectivity index (χ2v) is 15.1. The first-order valence-corrected chi connectivity index (χ1v) is 14.4. The van der Waals surface area contributed by atoms with Crippen molar-refractivity contribution in [1.82, 2.24) is 9.55 Å². The Labute approximate surface area is 193 Å². The number of carbonyl (C=O) groups is 1. The number of pyridine rings is 1. The molecule has 1 aromatic carbocycles. The van der Waals surface area contributed by atoms with Crippen LogP contribution < -0.4 is 10.6 Å². The molecule has 0 fully saturated rings. The van der Waals surface area contributed by atoms with Gasteiger partial charge in [-0.25, -0.2) is 9.78 Å². The number of alkyl halides is 3. The van der Waals surface area contributed by atoms with E-state index in [0.717, 1.165) is 22.6 Å². The molecule has 32 heavy (non-hydrogen) atoms. The van der Waals surface area contributed by atoms with Gasteiger partial charge in [-0.1, -0.05) is 19.6 Å². The van der Waals surface area contributed by atoms with Crippen molar-refractivity contribution >= 4 is 52.4 Å². The molecule has 2 amide bonds. The fourth-order valence-corrected chi connectivity index (χ4v) is 4.00. The average Bonchev–Trinajstić information content (AvgIpc) is 3.00. The zero-order valence-electron chi connectivity index (χ0n) is 17.9. The van der Waals surface area contributed by atoms with Crippen LogP contribution in [0, 0.1) is 0 Å². The monoisotopic (exact) mass is 528 g/mol. The highest BCUT2D eigenvalue weighted by Gasteiger charge is 2.30. The highest BCUT2D eigenvalue weighted by Crippen LogP contribution is 2.30. The van der Waals surface area contributed by atoms with E-state index >= 15 is 0 Å². The minimum Gasteiger partial charge on any atom is -0.361 e. The summed E-state index contributed by atoms with van der Waals surface area (Å²) in [4.78, 5) is 16.9. The number of anilines is 2. The summed E-state index contributed by atoms with van der Waals surface area (Å²) in [5.41, 5.74) is 0.614. The van der Waals surface area contributed by atoms with Gasteiger partial charge in [0.2, 0.25) is 0 Å². The molecule has 0 aliphatic rings. The molecule has 0 unspecified atom stereocenters. The second kappa shape index (κ2) is 9.63. The van der Waals surface area contributed by atoms with Gasteiger partial charge in [0.25, 0.3) is 0 Å². The number of nitrogens with zero attached hydrogens (tertiary/aromatic N) is 2. The van der Waals surface area contributed by atoms with Gasteiger partial charge in [-0.15, -0.1) is 0 Å². The first kappa shape index (κ1) is 24.3. The van der Waals surface area contributed by atoms with Crippen LogP contribution in [-0.4, -0.2) is 30.3 Å². The van der Waals surface area contributed by atoms with Crippen molar-refractivity contribution in [2.45, 2.75) is 38.6 Å². The van der Waals surface area contributed by atoms with E-state index in [2.05, 4.69) is 51.2 Å². The standard InChI is InChI=1S/C21H24BrF3N4O2Si/c1-32(2,3)9-8-31-13-29-12-18(17-10-15(22)11-26-19(17)29)28-20(30)27-16-6-4-14(5-7-16)21(23,24)25/h4-7,10-12H,8-9,13H2,1-3H3,(H2,27,28,30). The first-order chi connectivity index (χ1) is 14.9. The predicted octanol–water partition coefficient (Wildman–Crippen LogP) is 6.77. The Hall–Kier alpha value is -2.37. The minimum atomic E-state index is -4.43. The topological polar surface area (TPSA) is 68.2 Å². The van der Waals surface area contributed by atoms with E-state index < -0.39 is 25.8 Å². The number of benzene rings is 1. The first-order valence-electron chi connectivity index (χ1n) is 9.90. The van der Waals surface area contributed by atoms with E-state index in [1.54, 1.807) is 17.0 Å². The number of halogens is 4. The smallest absolute Gasteiger partial charge is 0.361 e. The summed E-state index contributed by atoms with van der Waals surface area (Å²) in [6, 6.07) is 6.52. The van der Waals surface area contributed by atoms with E-state index in [1.807, 2.05) is 6.07 Å². The SMILES string of the molecule is C[Si](C)(C)CCOCn1cc(NC(=O)Nc2ccc(C(F)(F)F)cc2)c2cc(Br)cnc21. The lowest BCUT2D eigenvalue weighted by Gasteiger charge is -2.15. The zero-order valence-corrected chi connectivity index (χ0v) is 20.5. The third kappa shape index (κ3) is 6.56. The number of aromatic nitrogens is 2. The van der Waals surface area contributed by atoms with E-state index in [1.165, 1.54) is 12.1 Å². The second-order valence-electron chi connectivity index (χ2n) is 8.54. The molecule has 0 bridgehead atoms. The van der Waals surface area contributed by atoms with Crippen molar-refractivity contribution in [3.8, 4) is 0 Å². The molecule has 0 atom stereocenters. The molecule has 0 saturated heterocycles. The van der Waals surface area contributed by atoms with E-state index in [-0.39, 0.29) is 12.4 Å². The summed E-state index contributed by atoms with van der Waals surface area (Å²) in [6.45, 7) is 7.76. The van der Waals surface area contributed by atoms with Gasteiger partial charge in [0, 0.05) is 42.6 Å². The van der Waals surface area contributed by atoms with Crippen LogP contribution in [-0.2, 0) is 17.6 Å². The summed E-state index contributed by atoms with van der Waals surface area (Å²) in [6.07, 6.45) is -1.04. The highest BCUT2D eigenvalue weighted by atomic mass is 79.9. The quantitative estimate of drug-likeness (QED) is 0.262. The predicted molar refractivity (Wildman–Crippen MR) is 126 cm³/mol. The zero-order chi connectivity index (χ0) is 23.5. The molecule has 2 heterocycles. The van der Waals surface area contributed by atoms with Gasteiger partial charge in [0.05, 0.1) is 11.3 Å². The molecular formula is C21H24BrF3N4O2Si. The molecule has 0 radical (unpaired) electrons. The maximum Gasteiger partial charge on any atom is 0.416 e. The molecule has 3 rings (SSSR count). The minimum absolute atomic E-state index is 0.244. The van der Waals surface area contributed by atoms with Crippen molar-refractivity contribution in [3.63, 3.8) is 0 Å². The van der Waals surface area contributed by atoms with Crippen LogP contribution in [0.4, 0.5) is 29.3 Å². The summed E-state index contributed by atoms with van der Waals surface area (Å²) in [7, 11) is -1.21. The van der Waals surface area contributed by atoms with Crippen molar-refractivity contribution in [2.24, 2.45) is 0 Å². The lowest BCUT2D eigenvalue weighted by molar-refractivity contribution is -0.137. The van der Waals surface area contributed by atoms with Gasteiger partial charge in [0.15, 0.2) is 0 Å². The van der Waals surface area contributed by atoms with Crippen molar-refractivity contribution in [1.29, 1.82) is 0 Å². The Morgan fingerprint density at radius 1 is 1.19 bits per heavy atom. The van der Waals surface area contributed by atoms with E-state index in [4.69, 9.17) is 4.74 Å². The molecule has 6 nitrogen and oxygen atoms in total. The molecule has 0 spiro atoms. The third-order valence-electron chi connectivity index (χ3n) is 4.63. The lowest BCUT2D eigenvalue weighted by Crippen LogP contribution is -2.22. The van der Waals surface area contributed by atoms with Gasteiger partial charge < -0.3 is 19.9 Å². The van der Waals surface area contributed by atoms with Crippen molar-refractivity contribution in [2.75, 3.05) is 17.2 Å². The summed E-state index contributed by atoms with van der Waals surface area (Å²) in [5.74, 6) is 0. The Bertz CT molecular complexity index is 1100. The fourth-order valence-electron chi connectivity index (χ4n) is 2.91. The highest BCUT2D eigenvalue weighted by molar-refractivity contribution is 9.10. The summed E-state index contributed by atoms with van der Waals surface area (Å²) < 4.78 is 46.5. The normalized spacial score (nSPS) is 12.2. The molecule has 3 aromatic rings. The Kier molecular flexibility index (Phi) is 7.31. The third-order valence-corrected chi connectivity index (χ3v) is 6.76. The number of carbonyl (C=O) groups excluding carboxylic acids is 1. The van der Waals surface area contributed by atoms with Crippen LogP contribution in [0.1, 0.15) is 5.56 Å². The summed E-state index contributed by atoms with van der Waals surface area (Å²) in [5, 5.41) is 5.98. The van der Waals surface area contributed by atoms with Crippen LogP contribution in [0.15, 0.2) is 47.2 Å². The van der Waals surface area contributed by atoms with Gasteiger partial charge in [-0.2, -0.15) is 13.2 Å². The molecule has 172 valence electrons. The van der Waals surface area contributed by atoms with Crippen LogP contribution in [0.5, 0.6) is 0 Å². The van der Waals surface area contributed by atoms with Gasteiger partial charge in [0.1, 0.15) is 12.4 Å². The molecule has 11 heteroatoms. The van der Waals surface area contributed by atoms with E-state index in [0.29, 0.717) is 23.3 Å². The van der Waals surface area contributed by atoms with Crippen LogP contribution in [0.25, 0.3) is 11.0 Å². The average molecular weight is 529 g/mol.